The van der Waals surface area contributed by atoms with Gasteiger partial charge in [-0.2, -0.15) is 0 Å². The third-order valence-electron chi connectivity index (χ3n) is 3.47. The van der Waals surface area contributed by atoms with Gasteiger partial charge in [-0.05, 0) is 41.8 Å². The van der Waals surface area contributed by atoms with Gasteiger partial charge in [0, 0.05) is 18.7 Å². The lowest BCUT2D eigenvalue weighted by molar-refractivity contribution is 0.0722. The van der Waals surface area contributed by atoms with E-state index >= 15 is 0 Å². The highest BCUT2D eigenvalue weighted by Gasteiger charge is 2.18. The molecule has 2 aromatic rings. The molecule has 0 bridgehead atoms. The van der Waals surface area contributed by atoms with Crippen LogP contribution in [0.3, 0.4) is 0 Å². The summed E-state index contributed by atoms with van der Waals surface area (Å²) in [6.07, 6.45) is 0. The summed E-state index contributed by atoms with van der Waals surface area (Å²) in [6, 6.07) is 14.2. The number of phenols is 1. The number of aromatic hydroxyl groups is 1. The Morgan fingerprint density at radius 1 is 1.17 bits per heavy atom. The van der Waals surface area contributed by atoms with Gasteiger partial charge in [-0.3, -0.25) is 4.79 Å². The predicted molar refractivity (Wildman–Crippen MR) is 90.7 cm³/mol. The Balaban J connectivity index is 2.23. The number of phenolic OH excluding ortho intramolecular Hbond substituents is 1. The molecule has 0 aliphatic heterocycles. The number of hydrogen-bond donors (Lipinski definition) is 1. The van der Waals surface area contributed by atoms with E-state index < -0.39 is 0 Å². The molecular weight excluding hydrogens is 290 g/mol. The van der Waals surface area contributed by atoms with Gasteiger partial charge in [0.1, 0.15) is 11.5 Å². The number of rotatable bonds is 6. The second kappa shape index (κ2) is 7.68. The maximum atomic E-state index is 12.8. The highest BCUT2D eigenvalue weighted by atomic mass is 16.5. The van der Waals surface area contributed by atoms with Crippen molar-refractivity contribution in [2.24, 2.45) is 5.92 Å². The van der Waals surface area contributed by atoms with Crippen LogP contribution in [0.4, 0.5) is 0 Å². The summed E-state index contributed by atoms with van der Waals surface area (Å²) in [6.45, 7) is 5.30. The highest BCUT2D eigenvalue weighted by Crippen LogP contribution is 2.18. The first-order valence-corrected chi connectivity index (χ1v) is 7.71. The summed E-state index contributed by atoms with van der Waals surface area (Å²) in [4.78, 5) is 14.6. The average molecular weight is 313 g/mol. The second-order valence-electron chi connectivity index (χ2n) is 5.98. The molecule has 0 heterocycles. The Kier molecular flexibility index (Phi) is 5.63. The van der Waals surface area contributed by atoms with Crippen LogP contribution in [0.2, 0.25) is 0 Å². The number of methoxy groups -OCH3 is 1. The molecule has 122 valence electrons. The second-order valence-corrected chi connectivity index (χ2v) is 5.98. The summed E-state index contributed by atoms with van der Waals surface area (Å²) in [5, 5.41) is 9.60. The number of carbonyl (C=O) groups is 1. The molecule has 0 aliphatic rings. The Morgan fingerprint density at radius 3 is 2.57 bits per heavy atom. The predicted octanol–water partition coefficient (Wildman–Crippen LogP) is 3.70. The Hall–Kier alpha value is -2.49. The minimum Gasteiger partial charge on any atom is -0.508 e. The van der Waals surface area contributed by atoms with E-state index in [1.54, 1.807) is 30.2 Å². The first kappa shape index (κ1) is 16.9. The largest absolute Gasteiger partial charge is 0.508 e. The van der Waals surface area contributed by atoms with Crippen LogP contribution >= 0.6 is 0 Å². The summed E-state index contributed by atoms with van der Waals surface area (Å²) in [5.41, 5.74) is 1.51. The molecule has 0 unspecified atom stereocenters. The van der Waals surface area contributed by atoms with Gasteiger partial charge in [-0.1, -0.05) is 32.0 Å². The van der Waals surface area contributed by atoms with Crippen LogP contribution in [0.1, 0.15) is 29.8 Å². The molecular formula is C19H23NO3. The molecule has 0 spiro atoms. The van der Waals surface area contributed by atoms with E-state index in [0.717, 1.165) is 11.3 Å². The van der Waals surface area contributed by atoms with Crippen LogP contribution in [-0.2, 0) is 6.54 Å². The number of benzene rings is 2. The minimum absolute atomic E-state index is 0.0857. The third kappa shape index (κ3) is 4.74. The molecule has 2 aromatic carbocycles. The number of amides is 1. The van der Waals surface area contributed by atoms with Crippen molar-refractivity contribution in [3.05, 3.63) is 59.7 Å². The van der Waals surface area contributed by atoms with E-state index in [1.165, 1.54) is 6.07 Å². The van der Waals surface area contributed by atoms with Crippen molar-refractivity contribution in [1.29, 1.82) is 0 Å². The fourth-order valence-electron chi connectivity index (χ4n) is 2.47. The molecule has 4 heteroatoms. The molecule has 0 atom stereocenters. The smallest absolute Gasteiger partial charge is 0.254 e. The van der Waals surface area contributed by atoms with Crippen molar-refractivity contribution in [3.8, 4) is 11.5 Å². The maximum Gasteiger partial charge on any atom is 0.254 e. The molecule has 0 aromatic heterocycles. The molecule has 4 nitrogen and oxygen atoms in total. The first-order chi connectivity index (χ1) is 11.0. The number of ether oxygens (including phenoxy) is 1. The summed E-state index contributed by atoms with van der Waals surface area (Å²) in [7, 11) is 1.63. The number of carbonyl (C=O) groups excluding carboxylic acids is 1. The zero-order valence-corrected chi connectivity index (χ0v) is 13.8. The minimum atomic E-state index is -0.0857. The zero-order chi connectivity index (χ0) is 16.8. The van der Waals surface area contributed by atoms with E-state index in [0.29, 0.717) is 24.6 Å². The first-order valence-electron chi connectivity index (χ1n) is 7.71. The number of hydrogen-bond acceptors (Lipinski definition) is 3. The molecule has 1 N–H and O–H groups in total. The van der Waals surface area contributed by atoms with Crippen LogP contribution in [0.15, 0.2) is 48.5 Å². The number of nitrogens with zero attached hydrogens (tertiary/aromatic N) is 1. The summed E-state index contributed by atoms with van der Waals surface area (Å²) < 4.78 is 5.24. The Bertz CT molecular complexity index is 667. The monoisotopic (exact) mass is 313 g/mol. The van der Waals surface area contributed by atoms with Crippen molar-refractivity contribution in [1.82, 2.24) is 4.90 Å². The van der Waals surface area contributed by atoms with Gasteiger partial charge < -0.3 is 14.7 Å². The molecule has 0 aliphatic carbocycles. The van der Waals surface area contributed by atoms with Gasteiger partial charge in [-0.25, -0.2) is 0 Å². The fraction of sp³-hybridized carbons (Fsp3) is 0.316. The lowest BCUT2D eigenvalue weighted by Crippen LogP contribution is -2.33. The van der Waals surface area contributed by atoms with Gasteiger partial charge in [0.25, 0.3) is 5.91 Å². The van der Waals surface area contributed by atoms with Crippen LogP contribution in [0, 0.1) is 5.92 Å². The molecule has 0 saturated carbocycles. The van der Waals surface area contributed by atoms with Crippen LogP contribution in [0.25, 0.3) is 0 Å². The van der Waals surface area contributed by atoms with Gasteiger partial charge >= 0.3 is 0 Å². The lowest BCUT2D eigenvalue weighted by atomic mass is 10.1. The molecule has 2 rings (SSSR count). The van der Waals surface area contributed by atoms with E-state index in [2.05, 4.69) is 13.8 Å². The van der Waals surface area contributed by atoms with Gasteiger partial charge in [0.15, 0.2) is 0 Å². The quantitative estimate of drug-likeness (QED) is 0.884. The van der Waals surface area contributed by atoms with Crippen molar-refractivity contribution in [2.45, 2.75) is 20.4 Å². The van der Waals surface area contributed by atoms with Crippen molar-refractivity contribution in [3.63, 3.8) is 0 Å². The fourth-order valence-corrected chi connectivity index (χ4v) is 2.47. The lowest BCUT2D eigenvalue weighted by Gasteiger charge is -2.25. The molecule has 0 fully saturated rings. The summed E-state index contributed by atoms with van der Waals surface area (Å²) in [5.74, 6) is 1.14. The molecule has 0 saturated heterocycles. The van der Waals surface area contributed by atoms with Crippen molar-refractivity contribution < 1.29 is 14.6 Å². The Morgan fingerprint density at radius 2 is 1.91 bits per heavy atom. The van der Waals surface area contributed by atoms with E-state index in [-0.39, 0.29) is 11.7 Å². The van der Waals surface area contributed by atoms with Gasteiger partial charge in [-0.15, -0.1) is 0 Å². The van der Waals surface area contributed by atoms with E-state index in [1.807, 2.05) is 24.3 Å². The van der Waals surface area contributed by atoms with E-state index in [9.17, 15) is 9.90 Å². The third-order valence-corrected chi connectivity index (χ3v) is 3.47. The standard InChI is InChI=1S/C19H23NO3/c1-14(2)12-20(13-15-6-4-9-18(10-15)23-3)19(22)16-7-5-8-17(21)11-16/h4-11,14,21H,12-13H2,1-3H3. The van der Waals surface area contributed by atoms with E-state index in [4.69, 9.17) is 4.74 Å². The van der Waals surface area contributed by atoms with Gasteiger partial charge in [0.05, 0.1) is 7.11 Å². The van der Waals surface area contributed by atoms with Gasteiger partial charge in [0.2, 0.25) is 0 Å². The topological polar surface area (TPSA) is 49.8 Å². The summed E-state index contributed by atoms with van der Waals surface area (Å²) >= 11 is 0. The van der Waals surface area contributed by atoms with Crippen molar-refractivity contribution >= 4 is 5.91 Å². The average Bonchev–Trinajstić information content (AvgIpc) is 2.53. The van der Waals surface area contributed by atoms with Crippen LogP contribution in [-0.4, -0.2) is 29.6 Å². The maximum absolute atomic E-state index is 12.8. The zero-order valence-electron chi connectivity index (χ0n) is 13.8. The van der Waals surface area contributed by atoms with Crippen LogP contribution in [0.5, 0.6) is 11.5 Å². The highest BCUT2D eigenvalue weighted by molar-refractivity contribution is 5.94. The molecule has 23 heavy (non-hydrogen) atoms. The Labute approximate surface area is 137 Å². The van der Waals surface area contributed by atoms with Crippen molar-refractivity contribution in [2.75, 3.05) is 13.7 Å². The molecule has 1 amide bonds. The SMILES string of the molecule is COc1cccc(CN(CC(C)C)C(=O)c2cccc(O)c2)c1. The molecule has 0 radical (unpaired) electrons. The van der Waals surface area contributed by atoms with Crippen LogP contribution < -0.4 is 4.74 Å². The normalized spacial score (nSPS) is 10.6.